The summed E-state index contributed by atoms with van der Waals surface area (Å²) in [6, 6.07) is 5.90. The van der Waals surface area contributed by atoms with Gasteiger partial charge in [0.25, 0.3) is 5.91 Å². The number of hydrogen-bond acceptors (Lipinski definition) is 3. The number of halogens is 2. The Morgan fingerprint density at radius 1 is 1.32 bits per heavy atom. The molecule has 0 saturated carbocycles. The number of benzene rings is 1. The molecule has 1 heterocycles. The van der Waals surface area contributed by atoms with Crippen LogP contribution >= 0.6 is 0 Å². The van der Waals surface area contributed by atoms with Gasteiger partial charge < -0.3 is 10.1 Å². The summed E-state index contributed by atoms with van der Waals surface area (Å²) in [5, 5.41) is 5.53. The van der Waals surface area contributed by atoms with Gasteiger partial charge in [0.1, 0.15) is 11.3 Å². The Bertz CT molecular complexity index is 516. The molecule has 19 heavy (non-hydrogen) atoms. The zero-order chi connectivity index (χ0) is 14.0. The fraction of sp³-hybridized carbons (Fsp3) is 0.333. The first-order valence-electron chi connectivity index (χ1n) is 5.57. The molecule has 102 valence electrons. The summed E-state index contributed by atoms with van der Waals surface area (Å²) in [6.07, 6.45) is 0. The molecule has 0 aromatic heterocycles. The molecule has 2 rings (SSSR count). The number of nitrogens with one attached hydrogen (secondary N) is 2. The topological polar surface area (TPSA) is 62.7 Å². The van der Waals surface area contributed by atoms with Crippen LogP contribution in [0, 0.1) is 0 Å². The van der Waals surface area contributed by atoms with Crippen molar-refractivity contribution < 1.29 is 18.3 Å². The molecule has 7 heteroatoms. The number of hydrogen-bond donors (Lipinski definition) is 2. The molecule has 1 unspecified atom stereocenters. The lowest BCUT2D eigenvalue weighted by Gasteiger charge is -2.21. The van der Waals surface area contributed by atoms with Crippen molar-refractivity contribution in [2.45, 2.75) is 19.1 Å². The third-order valence-corrected chi connectivity index (χ3v) is 2.93. The van der Waals surface area contributed by atoms with E-state index in [1.54, 1.807) is 26.1 Å². The number of carbonyl (C=O) groups is 1. The van der Waals surface area contributed by atoms with Gasteiger partial charge in [-0.15, -0.1) is 0 Å². The van der Waals surface area contributed by atoms with E-state index in [-0.39, 0.29) is 11.7 Å². The first kappa shape index (κ1) is 13.3. The van der Waals surface area contributed by atoms with Crippen molar-refractivity contribution in [1.82, 2.24) is 10.6 Å². The molecule has 2 N–H and O–H groups in total. The second kappa shape index (κ2) is 4.83. The van der Waals surface area contributed by atoms with Gasteiger partial charge in [0.2, 0.25) is 0 Å². The van der Waals surface area contributed by atoms with Gasteiger partial charge in [-0.2, -0.15) is 8.78 Å². The number of aliphatic imine (C=N–C) groups is 1. The van der Waals surface area contributed by atoms with Crippen LogP contribution in [0.4, 0.5) is 8.78 Å². The van der Waals surface area contributed by atoms with Crippen LogP contribution in [0.15, 0.2) is 29.3 Å². The van der Waals surface area contributed by atoms with E-state index >= 15 is 0 Å². The molecular formula is C12H13F2N3O2. The number of nitrogens with zero attached hydrogens (tertiary/aromatic N) is 1. The maximum absolute atomic E-state index is 12.0. The van der Waals surface area contributed by atoms with Gasteiger partial charge in [0, 0.05) is 7.05 Å². The van der Waals surface area contributed by atoms with Crippen LogP contribution in [0.1, 0.15) is 12.5 Å². The van der Waals surface area contributed by atoms with Crippen LogP contribution in [-0.4, -0.2) is 25.5 Å². The minimum atomic E-state index is -2.87. The van der Waals surface area contributed by atoms with Crippen molar-refractivity contribution in [1.29, 1.82) is 0 Å². The molecule has 1 aromatic carbocycles. The van der Waals surface area contributed by atoms with E-state index in [0.29, 0.717) is 11.5 Å². The molecule has 0 radical (unpaired) electrons. The largest absolute Gasteiger partial charge is 0.435 e. The van der Waals surface area contributed by atoms with Gasteiger partial charge in [0.15, 0.2) is 5.96 Å². The van der Waals surface area contributed by atoms with Gasteiger partial charge in [0.05, 0.1) is 0 Å². The van der Waals surface area contributed by atoms with E-state index in [1.165, 1.54) is 12.1 Å². The predicted molar refractivity (Wildman–Crippen MR) is 65.1 cm³/mol. The minimum absolute atomic E-state index is 0.0464. The maximum Gasteiger partial charge on any atom is 0.387 e. The smallest absolute Gasteiger partial charge is 0.387 e. The van der Waals surface area contributed by atoms with Gasteiger partial charge in [-0.1, -0.05) is 12.1 Å². The Labute approximate surface area is 108 Å². The number of alkyl halides is 2. The van der Waals surface area contributed by atoms with Crippen LogP contribution in [0.5, 0.6) is 5.75 Å². The lowest BCUT2D eigenvalue weighted by Crippen LogP contribution is -2.40. The Kier molecular flexibility index (Phi) is 3.37. The molecule has 1 saturated heterocycles. The molecule has 1 aliphatic rings. The van der Waals surface area contributed by atoms with Crippen molar-refractivity contribution in [2.24, 2.45) is 4.99 Å². The van der Waals surface area contributed by atoms with Crippen LogP contribution < -0.4 is 15.4 Å². The first-order chi connectivity index (χ1) is 8.95. The second-order valence-electron chi connectivity index (χ2n) is 4.18. The number of amides is 1. The van der Waals surface area contributed by atoms with Crippen molar-refractivity contribution in [3.8, 4) is 5.75 Å². The minimum Gasteiger partial charge on any atom is -0.435 e. The van der Waals surface area contributed by atoms with Gasteiger partial charge in [-0.25, -0.2) is 0 Å². The molecule has 5 nitrogen and oxygen atoms in total. The van der Waals surface area contributed by atoms with E-state index in [0.717, 1.165) is 0 Å². The summed E-state index contributed by atoms with van der Waals surface area (Å²) < 4.78 is 28.3. The third kappa shape index (κ3) is 2.49. The van der Waals surface area contributed by atoms with E-state index in [9.17, 15) is 13.6 Å². The number of ether oxygens (including phenoxy) is 1. The summed E-state index contributed by atoms with van der Waals surface area (Å²) in [5.74, 6) is 0.168. The van der Waals surface area contributed by atoms with E-state index in [4.69, 9.17) is 0 Å². The molecule has 1 atom stereocenters. The summed E-state index contributed by atoms with van der Waals surface area (Å²) in [4.78, 5) is 15.8. The average molecular weight is 269 g/mol. The fourth-order valence-corrected chi connectivity index (χ4v) is 1.84. The lowest BCUT2D eigenvalue weighted by molar-refractivity contribution is -0.123. The zero-order valence-corrected chi connectivity index (χ0v) is 10.4. The fourth-order valence-electron chi connectivity index (χ4n) is 1.84. The zero-order valence-electron chi connectivity index (χ0n) is 10.4. The predicted octanol–water partition coefficient (Wildman–Crippen LogP) is 1.21. The summed E-state index contributed by atoms with van der Waals surface area (Å²) >= 11 is 0. The molecule has 1 aliphatic heterocycles. The molecule has 1 amide bonds. The van der Waals surface area contributed by atoms with Crippen LogP contribution in [-0.2, 0) is 10.3 Å². The molecule has 0 spiro atoms. The van der Waals surface area contributed by atoms with Gasteiger partial charge in [-0.3, -0.25) is 15.1 Å². The highest BCUT2D eigenvalue weighted by molar-refractivity contribution is 6.09. The first-order valence-corrected chi connectivity index (χ1v) is 5.57. The summed E-state index contributed by atoms with van der Waals surface area (Å²) in [7, 11) is 1.55. The van der Waals surface area contributed by atoms with Crippen molar-refractivity contribution in [2.75, 3.05) is 7.05 Å². The van der Waals surface area contributed by atoms with Crippen molar-refractivity contribution >= 4 is 11.9 Å². The highest BCUT2D eigenvalue weighted by Crippen LogP contribution is 2.26. The monoisotopic (exact) mass is 269 g/mol. The van der Waals surface area contributed by atoms with Crippen LogP contribution in [0.25, 0.3) is 0 Å². The number of carbonyl (C=O) groups excluding carboxylic acids is 1. The number of rotatable bonds is 3. The van der Waals surface area contributed by atoms with Crippen LogP contribution in [0.2, 0.25) is 0 Å². The Morgan fingerprint density at radius 2 is 1.95 bits per heavy atom. The number of guanidine groups is 1. The van der Waals surface area contributed by atoms with Crippen LogP contribution in [0.3, 0.4) is 0 Å². The molecule has 1 aromatic rings. The lowest BCUT2D eigenvalue weighted by atomic mass is 9.92. The molecule has 1 fully saturated rings. The second-order valence-corrected chi connectivity index (χ2v) is 4.18. The summed E-state index contributed by atoms with van der Waals surface area (Å²) in [6.45, 7) is -1.18. The highest BCUT2D eigenvalue weighted by atomic mass is 19.3. The van der Waals surface area contributed by atoms with Crippen molar-refractivity contribution in [3.05, 3.63) is 29.8 Å². The Morgan fingerprint density at radius 3 is 2.42 bits per heavy atom. The third-order valence-electron chi connectivity index (χ3n) is 2.93. The average Bonchev–Trinajstić information content (AvgIpc) is 2.66. The maximum atomic E-state index is 12.0. The molecule has 0 aliphatic carbocycles. The molecule has 0 bridgehead atoms. The normalized spacial score (nSPS) is 24.5. The van der Waals surface area contributed by atoms with E-state index in [2.05, 4.69) is 20.4 Å². The SMILES string of the molecule is CN=C1NC(=O)C(C)(c2ccc(OC(F)F)cc2)N1. The standard InChI is InChI=1S/C12H13F2N3O2/c1-12(9(18)16-11(15-2)17-12)7-3-5-8(6-4-7)19-10(13)14/h3-6,10H,1-2H3,(H2,15,16,17,18). The summed E-state index contributed by atoms with van der Waals surface area (Å²) in [5.41, 5.74) is -0.344. The van der Waals surface area contributed by atoms with E-state index < -0.39 is 12.2 Å². The Balaban J connectivity index is 2.24. The quantitative estimate of drug-likeness (QED) is 0.867. The highest BCUT2D eigenvalue weighted by Gasteiger charge is 2.42. The molecular weight excluding hydrogens is 256 g/mol. The van der Waals surface area contributed by atoms with Gasteiger partial charge >= 0.3 is 6.61 Å². The Hall–Kier alpha value is -2.18. The van der Waals surface area contributed by atoms with E-state index in [1.807, 2.05) is 0 Å². The van der Waals surface area contributed by atoms with Gasteiger partial charge in [-0.05, 0) is 24.6 Å². The van der Waals surface area contributed by atoms with Crippen molar-refractivity contribution in [3.63, 3.8) is 0 Å².